The van der Waals surface area contributed by atoms with Crippen molar-refractivity contribution in [1.29, 1.82) is 5.26 Å². The number of alkyl halides is 5. The number of carbonyl (C=O) groups is 1. The smallest absolute Gasteiger partial charge is 0.366 e. The Labute approximate surface area is 262 Å². The summed E-state index contributed by atoms with van der Waals surface area (Å²) < 4.78 is 109. The highest BCUT2D eigenvalue weighted by atomic mass is 32.2. The molecule has 1 fully saturated rings. The largest absolute Gasteiger partial charge is 0.416 e. The van der Waals surface area contributed by atoms with Gasteiger partial charge in [-0.05, 0) is 66.4 Å². The van der Waals surface area contributed by atoms with Crippen LogP contribution in [0.25, 0.3) is 0 Å². The predicted molar refractivity (Wildman–Crippen MR) is 158 cm³/mol. The number of nitriles is 1. The van der Waals surface area contributed by atoms with Crippen molar-refractivity contribution in [2.75, 3.05) is 23.8 Å². The number of piperidine rings is 1. The fourth-order valence-corrected chi connectivity index (χ4v) is 6.32. The summed E-state index contributed by atoms with van der Waals surface area (Å²) in [4.78, 5) is 14.8. The Balaban J connectivity index is 1.55. The van der Waals surface area contributed by atoms with Gasteiger partial charge in [-0.15, -0.1) is 0 Å². The average molecular weight is 668 g/mol. The minimum atomic E-state index is -4.50. The maximum absolute atomic E-state index is 15.5. The summed E-state index contributed by atoms with van der Waals surface area (Å²) in [7, 11) is -3.47. The molecule has 0 unspecified atom stereocenters. The maximum atomic E-state index is 15.5. The summed E-state index contributed by atoms with van der Waals surface area (Å²) in [5.74, 6) is -2.16. The normalized spacial score (nSPS) is 17.8. The monoisotopic (exact) mass is 667 g/mol. The number of carbonyl (C=O) groups excluding carboxylic acids is 1. The molecule has 3 aromatic rings. The minimum absolute atomic E-state index is 0.0814. The van der Waals surface area contributed by atoms with Crippen LogP contribution in [0.5, 0.6) is 0 Å². The van der Waals surface area contributed by atoms with Gasteiger partial charge in [-0.2, -0.15) is 27.2 Å². The second-order valence-electron chi connectivity index (χ2n) is 10.8. The standard InChI is InChI=1S/C32H31F6N3O4S/c1-2-46(43,44)26-12-6-21(7-13-26)29(15-16-39)40-30(42)27-14-11-24(17-28(27)33)41-18-22(5-10-25(41)19-45-31(34)35)20-3-8-23(9-4-20)32(36,37)38/h3-4,6-9,11-14,17,22,25,29,31H,2,5,10,15,18-19H2,1H3,(H,40,42)/t22-,25-,29-/m0/s1. The molecular weight excluding hydrogens is 636 g/mol. The Kier molecular flexibility index (Phi) is 11.0. The molecule has 1 N–H and O–H groups in total. The maximum Gasteiger partial charge on any atom is 0.416 e. The summed E-state index contributed by atoms with van der Waals surface area (Å²) in [5.41, 5.74) is 0.142. The lowest BCUT2D eigenvalue weighted by atomic mass is 9.86. The molecule has 7 nitrogen and oxygen atoms in total. The van der Waals surface area contributed by atoms with Gasteiger partial charge in [0, 0.05) is 18.2 Å². The molecule has 4 rings (SSSR count). The summed E-state index contributed by atoms with van der Waals surface area (Å²) in [6.07, 6.45) is -3.89. The van der Waals surface area contributed by atoms with E-state index < -0.39 is 52.0 Å². The summed E-state index contributed by atoms with van der Waals surface area (Å²) >= 11 is 0. The zero-order valence-electron chi connectivity index (χ0n) is 24.6. The Hall–Kier alpha value is -4.09. The summed E-state index contributed by atoms with van der Waals surface area (Å²) in [6.45, 7) is -1.75. The van der Waals surface area contributed by atoms with Crippen LogP contribution in [0.1, 0.15) is 65.2 Å². The second-order valence-corrected chi connectivity index (χ2v) is 13.1. The van der Waals surface area contributed by atoms with E-state index in [0.29, 0.717) is 24.0 Å². The SMILES string of the molecule is CCS(=O)(=O)c1ccc([C@H](CC#N)NC(=O)c2ccc(N3C[C@@H](c4ccc(C(F)(F)F)cc4)CC[C@H]3COC(F)F)cc2F)cc1. The Morgan fingerprint density at radius 1 is 1.07 bits per heavy atom. The average Bonchev–Trinajstić information content (AvgIpc) is 3.03. The third kappa shape index (κ3) is 8.38. The Morgan fingerprint density at radius 2 is 1.74 bits per heavy atom. The molecule has 0 radical (unpaired) electrons. The molecule has 0 spiro atoms. The number of hydrogen-bond donors (Lipinski definition) is 1. The van der Waals surface area contributed by atoms with E-state index in [2.05, 4.69) is 10.1 Å². The van der Waals surface area contributed by atoms with Crippen LogP contribution in [0.15, 0.2) is 71.6 Å². The van der Waals surface area contributed by atoms with Crippen LogP contribution in [0, 0.1) is 17.1 Å². The van der Waals surface area contributed by atoms with Crippen molar-refractivity contribution in [3.63, 3.8) is 0 Å². The molecule has 1 amide bonds. The van der Waals surface area contributed by atoms with E-state index >= 15 is 4.39 Å². The lowest BCUT2D eigenvalue weighted by molar-refractivity contribution is -0.137. The molecule has 1 aliphatic rings. The fourth-order valence-electron chi connectivity index (χ4n) is 5.44. The van der Waals surface area contributed by atoms with Gasteiger partial charge in [0.15, 0.2) is 9.84 Å². The number of ether oxygens (including phenoxy) is 1. The predicted octanol–water partition coefficient (Wildman–Crippen LogP) is 7.01. The minimum Gasteiger partial charge on any atom is -0.366 e. The van der Waals surface area contributed by atoms with Gasteiger partial charge in [-0.3, -0.25) is 4.79 Å². The summed E-state index contributed by atoms with van der Waals surface area (Å²) in [5, 5.41) is 11.9. The van der Waals surface area contributed by atoms with Crippen molar-refractivity contribution < 1.29 is 44.3 Å². The van der Waals surface area contributed by atoms with Gasteiger partial charge in [-0.25, -0.2) is 12.8 Å². The van der Waals surface area contributed by atoms with Crippen molar-refractivity contribution in [2.45, 2.75) is 61.9 Å². The molecular formula is C32H31F6N3O4S. The van der Waals surface area contributed by atoms with E-state index in [4.69, 9.17) is 0 Å². The highest BCUT2D eigenvalue weighted by molar-refractivity contribution is 7.91. The first kappa shape index (κ1) is 34.8. The van der Waals surface area contributed by atoms with Gasteiger partial charge in [0.2, 0.25) is 0 Å². The molecule has 0 saturated carbocycles. The third-order valence-electron chi connectivity index (χ3n) is 7.98. The van der Waals surface area contributed by atoms with Crippen molar-refractivity contribution >= 4 is 21.4 Å². The van der Waals surface area contributed by atoms with Crippen LogP contribution in [0.3, 0.4) is 0 Å². The van der Waals surface area contributed by atoms with E-state index in [-0.39, 0.29) is 47.4 Å². The second kappa shape index (κ2) is 14.6. The molecule has 3 aromatic carbocycles. The van der Waals surface area contributed by atoms with E-state index in [1.807, 2.05) is 6.07 Å². The van der Waals surface area contributed by atoms with Gasteiger partial charge in [0.25, 0.3) is 5.91 Å². The Morgan fingerprint density at radius 3 is 2.30 bits per heavy atom. The number of sulfone groups is 1. The van der Waals surface area contributed by atoms with Crippen LogP contribution in [-0.4, -0.2) is 45.9 Å². The molecule has 46 heavy (non-hydrogen) atoms. The van der Waals surface area contributed by atoms with Crippen LogP contribution in [0.4, 0.5) is 32.0 Å². The third-order valence-corrected chi connectivity index (χ3v) is 9.73. The van der Waals surface area contributed by atoms with E-state index in [1.165, 1.54) is 55.5 Å². The van der Waals surface area contributed by atoms with Gasteiger partial charge in [0.05, 0.1) is 53.0 Å². The number of amides is 1. The number of rotatable bonds is 11. The van der Waals surface area contributed by atoms with Gasteiger partial charge in [-0.1, -0.05) is 31.2 Å². The molecule has 1 saturated heterocycles. The zero-order chi connectivity index (χ0) is 33.6. The van der Waals surface area contributed by atoms with E-state index in [9.17, 15) is 40.4 Å². The molecule has 14 heteroatoms. The van der Waals surface area contributed by atoms with Crippen LogP contribution >= 0.6 is 0 Å². The lowest BCUT2D eigenvalue weighted by Crippen LogP contribution is -2.45. The molecule has 246 valence electrons. The molecule has 1 aliphatic heterocycles. The van der Waals surface area contributed by atoms with Crippen molar-refractivity contribution in [2.24, 2.45) is 0 Å². The molecule has 1 heterocycles. The Bertz CT molecular complexity index is 1660. The van der Waals surface area contributed by atoms with Gasteiger partial charge >= 0.3 is 12.8 Å². The number of hydrogen-bond acceptors (Lipinski definition) is 6. The quantitative estimate of drug-likeness (QED) is 0.221. The van der Waals surface area contributed by atoms with Crippen molar-refractivity contribution in [3.05, 3.63) is 94.8 Å². The number of halogens is 6. The molecule has 0 bridgehead atoms. The number of anilines is 1. The van der Waals surface area contributed by atoms with Gasteiger partial charge < -0.3 is 15.0 Å². The van der Waals surface area contributed by atoms with Crippen LogP contribution in [0.2, 0.25) is 0 Å². The van der Waals surface area contributed by atoms with Gasteiger partial charge in [0.1, 0.15) is 5.82 Å². The highest BCUT2D eigenvalue weighted by Gasteiger charge is 2.33. The first-order valence-electron chi connectivity index (χ1n) is 14.4. The first-order chi connectivity index (χ1) is 21.7. The highest BCUT2D eigenvalue weighted by Crippen LogP contribution is 2.36. The van der Waals surface area contributed by atoms with E-state index in [1.54, 1.807) is 4.90 Å². The van der Waals surface area contributed by atoms with Crippen LogP contribution in [-0.2, 0) is 20.8 Å². The molecule has 0 aromatic heterocycles. The number of nitrogens with one attached hydrogen (secondary N) is 1. The summed E-state index contributed by atoms with van der Waals surface area (Å²) in [6, 6.07) is 14.5. The van der Waals surface area contributed by atoms with E-state index in [0.717, 1.165) is 18.2 Å². The zero-order valence-corrected chi connectivity index (χ0v) is 25.4. The lowest BCUT2D eigenvalue weighted by Gasteiger charge is -2.41. The number of benzene rings is 3. The topological polar surface area (TPSA) is 99.5 Å². The molecule has 3 atom stereocenters. The molecule has 0 aliphatic carbocycles. The van der Waals surface area contributed by atoms with Crippen molar-refractivity contribution in [3.8, 4) is 6.07 Å². The fraction of sp³-hybridized carbons (Fsp3) is 0.375. The first-order valence-corrected chi connectivity index (χ1v) is 16.0. The van der Waals surface area contributed by atoms with Crippen LogP contribution < -0.4 is 10.2 Å². The van der Waals surface area contributed by atoms with Crippen molar-refractivity contribution in [1.82, 2.24) is 5.32 Å². The number of nitrogens with zero attached hydrogens (tertiary/aromatic N) is 2.